The summed E-state index contributed by atoms with van der Waals surface area (Å²) >= 11 is 0. The van der Waals surface area contributed by atoms with Crippen molar-refractivity contribution in [1.82, 2.24) is 29.6 Å². The molecule has 4 atom stereocenters. The van der Waals surface area contributed by atoms with Gasteiger partial charge in [-0.1, -0.05) is 48.5 Å². The van der Waals surface area contributed by atoms with Crippen LogP contribution in [0.15, 0.2) is 65.9 Å². The summed E-state index contributed by atoms with van der Waals surface area (Å²) in [5.74, 6) is 0.857. The first-order chi connectivity index (χ1) is 24.1. The fourth-order valence-electron chi connectivity index (χ4n) is 7.36. The van der Waals surface area contributed by atoms with Gasteiger partial charge in [0.25, 0.3) is 0 Å². The van der Waals surface area contributed by atoms with Crippen LogP contribution >= 0.6 is 0 Å². The zero-order valence-electron chi connectivity index (χ0n) is 30.0. The standard InChI is InChI=1S/C39H53N9O2/c1-45(2)21-17-31(40)38(49)47-19-5-7-35(47)33-23-30(24-42-33)28-11-9-26(10-12-28)27-13-15-29(16-14-27)34-25-43-37(44-34)36-8-6-20-48(36)39(50)32(41)18-22-46(3)4/h9-16,24-25,31-32,35-36H,5-8,17-23,40-41H2,1-4H3,(H,43,44)/t31-,32-,35-,36-/m0/s1. The van der Waals surface area contributed by atoms with Gasteiger partial charge >= 0.3 is 0 Å². The van der Waals surface area contributed by atoms with Gasteiger partial charge in [-0.25, -0.2) is 4.98 Å². The van der Waals surface area contributed by atoms with Crippen molar-refractivity contribution in [3.63, 3.8) is 0 Å². The molecule has 50 heavy (non-hydrogen) atoms. The second-order valence-electron chi connectivity index (χ2n) is 14.6. The fourth-order valence-corrected chi connectivity index (χ4v) is 7.36. The van der Waals surface area contributed by atoms with E-state index in [0.717, 1.165) is 91.2 Å². The molecule has 3 aliphatic heterocycles. The number of nitrogens with zero attached hydrogens (tertiary/aromatic N) is 6. The molecule has 3 aliphatic rings. The highest BCUT2D eigenvalue weighted by atomic mass is 16.2. The van der Waals surface area contributed by atoms with E-state index >= 15 is 0 Å². The summed E-state index contributed by atoms with van der Waals surface area (Å²) in [6, 6.07) is 16.1. The lowest BCUT2D eigenvalue weighted by atomic mass is 9.96. The summed E-state index contributed by atoms with van der Waals surface area (Å²) in [5, 5.41) is 0. The maximum atomic E-state index is 13.2. The highest BCUT2D eigenvalue weighted by molar-refractivity contribution is 6.03. The van der Waals surface area contributed by atoms with Crippen LogP contribution in [-0.4, -0.2) is 120 Å². The normalized spacial score (nSPS) is 20.5. The van der Waals surface area contributed by atoms with E-state index in [1.807, 2.05) is 55.3 Å². The lowest BCUT2D eigenvalue weighted by molar-refractivity contribution is -0.134. The van der Waals surface area contributed by atoms with Gasteiger partial charge in [-0.3, -0.25) is 14.6 Å². The Kier molecular flexibility index (Phi) is 11.3. The molecule has 6 rings (SSSR count). The monoisotopic (exact) mass is 679 g/mol. The molecule has 0 unspecified atom stereocenters. The number of aliphatic imine (C=N–C) groups is 1. The van der Waals surface area contributed by atoms with Gasteiger partial charge in [0.05, 0.1) is 36.1 Å². The number of nitrogens with one attached hydrogen (secondary N) is 1. The maximum absolute atomic E-state index is 13.2. The van der Waals surface area contributed by atoms with Gasteiger partial charge in [-0.2, -0.15) is 0 Å². The van der Waals surface area contributed by atoms with Crippen LogP contribution in [0.1, 0.15) is 62.4 Å². The largest absolute Gasteiger partial charge is 0.340 e. The average Bonchev–Trinajstić information content (AvgIpc) is 3.95. The molecule has 2 saturated heterocycles. The summed E-state index contributed by atoms with van der Waals surface area (Å²) < 4.78 is 0. The van der Waals surface area contributed by atoms with Crippen LogP contribution in [-0.2, 0) is 9.59 Å². The van der Waals surface area contributed by atoms with Crippen LogP contribution < -0.4 is 11.5 Å². The third kappa shape index (κ3) is 8.07. The van der Waals surface area contributed by atoms with Crippen molar-refractivity contribution in [1.29, 1.82) is 0 Å². The van der Waals surface area contributed by atoms with Crippen molar-refractivity contribution < 1.29 is 9.59 Å². The minimum absolute atomic E-state index is 0.00339. The smallest absolute Gasteiger partial charge is 0.240 e. The molecule has 4 heterocycles. The van der Waals surface area contributed by atoms with Crippen LogP contribution in [0.2, 0.25) is 0 Å². The molecule has 1 aromatic heterocycles. The van der Waals surface area contributed by atoms with Crippen LogP contribution in [0.3, 0.4) is 0 Å². The van der Waals surface area contributed by atoms with Crippen molar-refractivity contribution in [2.75, 3.05) is 54.4 Å². The number of hydrogen-bond acceptors (Lipinski definition) is 8. The highest BCUT2D eigenvalue weighted by Gasteiger charge is 2.36. The number of aromatic amines is 1. The first kappa shape index (κ1) is 35.7. The van der Waals surface area contributed by atoms with Gasteiger partial charge in [0.2, 0.25) is 11.8 Å². The molecule has 0 aliphatic carbocycles. The topological polar surface area (TPSA) is 140 Å². The first-order valence-electron chi connectivity index (χ1n) is 18.0. The van der Waals surface area contributed by atoms with Gasteiger partial charge in [0.15, 0.2) is 0 Å². The molecule has 2 fully saturated rings. The van der Waals surface area contributed by atoms with Crippen LogP contribution in [0.4, 0.5) is 0 Å². The quantitative estimate of drug-likeness (QED) is 0.247. The number of likely N-dealkylation sites (tertiary alicyclic amines) is 2. The predicted molar refractivity (Wildman–Crippen MR) is 200 cm³/mol. The Labute approximate surface area is 296 Å². The zero-order chi connectivity index (χ0) is 35.4. The van der Waals surface area contributed by atoms with E-state index in [-0.39, 0.29) is 23.9 Å². The third-order valence-electron chi connectivity index (χ3n) is 10.3. The van der Waals surface area contributed by atoms with E-state index in [4.69, 9.17) is 21.4 Å². The van der Waals surface area contributed by atoms with Crippen molar-refractivity contribution in [3.05, 3.63) is 72.3 Å². The first-order valence-corrected chi connectivity index (χ1v) is 18.0. The minimum Gasteiger partial charge on any atom is -0.340 e. The van der Waals surface area contributed by atoms with Crippen molar-refractivity contribution in [2.24, 2.45) is 16.5 Å². The summed E-state index contributed by atoms with van der Waals surface area (Å²) in [5.41, 5.74) is 20.2. The maximum Gasteiger partial charge on any atom is 0.240 e. The summed E-state index contributed by atoms with van der Waals surface area (Å²) in [4.78, 5) is 47.3. The summed E-state index contributed by atoms with van der Waals surface area (Å²) in [7, 11) is 7.98. The number of carbonyl (C=O) groups excluding carboxylic acids is 2. The summed E-state index contributed by atoms with van der Waals surface area (Å²) in [6.45, 7) is 3.03. The van der Waals surface area contributed by atoms with E-state index in [1.54, 1.807) is 0 Å². The average molecular weight is 680 g/mol. The summed E-state index contributed by atoms with van der Waals surface area (Å²) in [6.07, 6.45) is 9.60. The van der Waals surface area contributed by atoms with Gasteiger partial charge < -0.3 is 36.1 Å². The van der Waals surface area contributed by atoms with Crippen molar-refractivity contribution in [3.8, 4) is 22.4 Å². The van der Waals surface area contributed by atoms with Crippen LogP contribution in [0.5, 0.6) is 0 Å². The number of amides is 2. The Balaban J connectivity index is 1.05. The molecule has 266 valence electrons. The molecule has 2 aromatic carbocycles. The molecule has 0 radical (unpaired) electrons. The molecule has 5 N–H and O–H groups in total. The van der Waals surface area contributed by atoms with Crippen LogP contribution in [0, 0.1) is 0 Å². The SMILES string of the molecule is CN(C)CC[C@H](N)C(=O)N1CCC[C@H]1C1=NC=C(c2ccc(-c3ccc(-c4cnc([C@@H]5CCCN5C(=O)[C@@H](N)CCN(C)C)[nH]4)cc3)cc2)C1. The Morgan fingerprint density at radius 3 is 1.84 bits per heavy atom. The van der Waals surface area contributed by atoms with E-state index < -0.39 is 12.1 Å². The number of nitrogens with two attached hydrogens (primary N) is 2. The minimum atomic E-state index is -0.502. The molecule has 0 bridgehead atoms. The molecule has 0 spiro atoms. The lowest BCUT2D eigenvalue weighted by Gasteiger charge is -2.28. The van der Waals surface area contributed by atoms with E-state index in [2.05, 4.69) is 58.4 Å². The van der Waals surface area contributed by atoms with Gasteiger partial charge in [0, 0.05) is 31.4 Å². The fraction of sp³-hybridized carbons (Fsp3) is 0.487. The number of benzene rings is 2. The Hall–Kier alpha value is -4.16. The van der Waals surface area contributed by atoms with Crippen molar-refractivity contribution in [2.45, 2.75) is 69.1 Å². The van der Waals surface area contributed by atoms with E-state index in [9.17, 15) is 9.59 Å². The highest BCUT2D eigenvalue weighted by Crippen LogP contribution is 2.34. The van der Waals surface area contributed by atoms with Gasteiger partial charge in [-0.15, -0.1) is 0 Å². The third-order valence-corrected chi connectivity index (χ3v) is 10.3. The number of rotatable bonds is 13. The second kappa shape index (κ2) is 15.8. The number of allylic oxidation sites excluding steroid dienone is 1. The van der Waals surface area contributed by atoms with Crippen molar-refractivity contribution >= 4 is 23.1 Å². The number of aromatic nitrogens is 2. The van der Waals surface area contributed by atoms with Gasteiger partial charge in [0.1, 0.15) is 5.82 Å². The Morgan fingerprint density at radius 2 is 1.28 bits per heavy atom. The molecule has 11 nitrogen and oxygen atoms in total. The van der Waals surface area contributed by atoms with E-state index in [1.165, 1.54) is 5.57 Å². The molecule has 11 heteroatoms. The molecule has 3 aromatic rings. The molecular formula is C39H53N9O2. The number of carbonyl (C=O) groups is 2. The molecule has 2 amide bonds. The van der Waals surface area contributed by atoms with E-state index in [0.29, 0.717) is 19.4 Å². The number of hydrogen-bond donors (Lipinski definition) is 3. The van der Waals surface area contributed by atoms with Gasteiger partial charge in [-0.05, 0) is 108 Å². The zero-order valence-corrected chi connectivity index (χ0v) is 30.0. The lowest BCUT2D eigenvalue weighted by Crippen LogP contribution is -2.49. The van der Waals surface area contributed by atoms with Crippen LogP contribution in [0.25, 0.3) is 28.0 Å². The number of imidazole rings is 1. The predicted octanol–water partition coefficient (Wildman–Crippen LogP) is 4.14. The Morgan fingerprint density at radius 1 is 0.780 bits per heavy atom. The molecule has 0 saturated carbocycles. The second-order valence-corrected chi connectivity index (χ2v) is 14.6. The molecular weight excluding hydrogens is 626 g/mol. The Bertz CT molecular complexity index is 1690. The number of H-pyrrole nitrogens is 1.